The van der Waals surface area contributed by atoms with E-state index in [-0.39, 0.29) is 0 Å². The van der Waals surface area contributed by atoms with Gasteiger partial charge >= 0.3 is 0 Å². The molecule has 0 aromatic carbocycles. The van der Waals surface area contributed by atoms with Gasteiger partial charge in [-0.25, -0.2) is 0 Å². The highest BCUT2D eigenvalue weighted by Gasteiger charge is 2.33. The molecule has 1 unspecified atom stereocenters. The summed E-state index contributed by atoms with van der Waals surface area (Å²) >= 11 is 0. The Labute approximate surface area is 61.5 Å². The second-order valence-corrected chi connectivity index (χ2v) is 3.44. The van der Waals surface area contributed by atoms with Crippen LogP contribution in [0.1, 0.15) is 20.8 Å². The molecule has 0 aromatic rings. The predicted octanol–water partition coefficient (Wildman–Crippen LogP) is 0.393. The van der Waals surface area contributed by atoms with Crippen LogP contribution in [0.2, 0.25) is 0 Å². The van der Waals surface area contributed by atoms with Crippen molar-refractivity contribution < 1.29 is 9.94 Å². The number of hydroxylamine groups is 2. The third kappa shape index (κ3) is 1.68. The molecule has 1 N–H and O–H groups in total. The zero-order valence-corrected chi connectivity index (χ0v) is 6.79. The maximum absolute atomic E-state index is 9.45. The Morgan fingerprint density at radius 3 is 2.40 bits per heavy atom. The van der Waals surface area contributed by atoms with E-state index < -0.39 is 5.60 Å². The molecule has 1 heterocycles. The van der Waals surface area contributed by atoms with Gasteiger partial charge in [0, 0.05) is 6.04 Å². The summed E-state index contributed by atoms with van der Waals surface area (Å²) in [5.41, 5.74) is -0.649. The van der Waals surface area contributed by atoms with E-state index in [1.165, 1.54) is 0 Å². The van der Waals surface area contributed by atoms with Crippen LogP contribution in [0.4, 0.5) is 0 Å². The molecule has 0 amide bonds. The van der Waals surface area contributed by atoms with E-state index in [4.69, 9.17) is 4.84 Å². The fraction of sp³-hybridized carbons (Fsp3) is 1.00. The van der Waals surface area contributed by atoms with Crippen LogP contribution in [0, 0.1) is 0 Å². The van der Waals surface area contributed by atoms with Gasteiger partial charge in [0.2, 0.25) is 0 Å². The molecule has 0 radical (unpaired) electrons. The molecular weight excluding hydrogens is 130 g/mol. The molecule has 1 rings (SSSR count). The van der Waals surface area contributed by atoms with Crippen LogP contribution in [-0.4, -0.2) is 35.0 Å². The van der Waals surface area contributed by atoms with Crippen molar-refractivity contribution in [2.45, 2.75) is 32.4 Å². The van der Waals surface area contributed by atoms with E-state index in [1.807, 2.05) is 13.8 Å². The molecule has 60 valence electrons. The lowest BCUT2D eigenvalue weighted by atomic mass is 10.1. The summed E-state index contributed by atoms with van der Waals surface area (Å²) in [5.74, 6) is 0. The van der Waals surface area contributed by atoms with Crippen LogP contribution in [0.3, 0.4) is 0 Å². The zero-order chi connectivity index (χ0) is 7.78. The van der Waals surface area contributed by atoms with Crippen LogP contribution in [-0.2, 0) is 4.84 Å². The summed E-state index contributed by atoms with van der Waals surface area (Å²) in [7, 11) is 0. The lowest BCUT2D eigenvalue weighted by molar-refractivity contribution is -0.133. The van der Waals surface area contributed by atoms with E-state index in [0.29, 0.717) is 19.2 Å². The topological polar surface area (TPSA) is 32.7 Å². The van der Waals surface area contributed by atoms with Crippen LogP contribution < -0.4 is 0 Å². The van der Waals surface area contributed by atoms with Crippen molar-refractivity contribution in [3.63, 3.8) is 0 Å². The van der Waals surface area contributed by atoms with Crippen molar-refractivity contribution in [1.29, 1.82) is 0 Å². The Balaban J connectivity index is 2.43. The number of rotatable bonds is 1. The minimum absolute atomic E-state index is 0.356. The maximum atomic E-state index is 9.45. The average Bonchev–Trinajstić information content (AvgIpc) is 2.10. The molecule has 0 aromatic heterocycles. The monoisotopic (exact) mass is 145 g/mol. The fourth-order valence-electron chi connectivity index (χ4n) is 0.981. The third-order valence-corrected chi connectivity index (χ3v) is 1.61. The first-order valence-electron chi connectivity index (χ1n) is 3.63. The van der Waals surface area contributed by atoms with E-state index in [1.54, 1.807) is 12.0 Å². The SMILES string of the molecule is CC(C)N1CC(C)(O)CO1. The second kappa shape index (κ2) is 2.49. The van der Waals surface area contributed by atoms with Crippen LogP contribution in [0.5, 0.6) is 0 Å². The van der Waals surface area contributed by atoms with E-state index in [2.05, 4.69) is 0 Å². The predicted molar refractivity (Wildman–Crippen MR) is 38.4 cm³/mol. The first-order valence-corrected chi connectivity index (χ1v) is 3.63. The normalized spacial score (nSPS) is 35.7. The van der Waals surface area contributed by atoms with Gasteiger partial charge in [-0.3, -0.25) is 4.84 Å². The van der Waals surface area contributed by atoms with Gasteiger partial charge in [0.05, 0.1) is 13.2 Å². The molecule has 0 spiro atoms. The van der Waals surface area contributed by atoms with Gasteiger partial charge in [-0.2, -0.15) is 5.06 Å². The summed E-state index contributed by atoms with van der Waals surface area (Å²) < 4.78 is 0. The molecule has 1 saturated heterocycles. The van der Waals surface area contributed by atoms with Gasteiger partial charge in [0.1, 0.15) is 5.60 Å². The second-order valence-electron chi connectivity index (χ2n) is 3.44. The molecule has 0 saturated carbocycles. The van der Waals surface area contributed by atoms with E-state index in [9.17, 15) is 5.11 Å². The van der Waals surface area contributed by atoms with Crippen molar-refractivity contribution in [2.24, 2.45) is 0 Å². The number of β-amino-alcohol motifs (C(OH)–C–C–N with tert-alkyl or cyclic N) is 1. The molecule has 10 heavy (non-hydrogen) atoms. The summed E-state index contributed by atoms with van der Waals surface area (Å²) in [6.07, 6.45) is 0. The minimum atomic E-state index is -0.649. The standard InChI is InChI=1S/C7H15NO2/c1-6(2)8-4-7(3,9)5-10-8/h6,9H,4-5H2,1-3H3. The van der Waals surface area contributed by atoms with Crippen LogP contribution in [0.15, 0.2) is 0 Å². The molecule has 1 aliphatic heterocycles. The summed E-state index contributed by atoms with van der Waals surface area (Å²) in [6, 6.07) is 0.356. The highest BCUT2D eigenvalue weighted by atomic mass is 16.7. The molecular formula is C7H15NO2. The van der Waals surface area contributed by atoms with Crippen molar-refractivity contribution in [3.8, 4) is 0 Å². The van der Waals surface area contributed by atoms with Gasteiger partial charge in [-0.15, -0.1) is 0 Å². The van der Waals surface area contributed by atoms with Crippen LogP contribution >= 0.6 is 0 Å². The van der Waals surface area contributed by atoms with Crippen molar-refractivity contribution in [3.05, 3.63) is 0 Å². The molecule has 1 atom stereocenters. The minimum Gasteiger partial charge on any atom is -0.386 e. The third-order valence-electron chi connectivity index (χ3n) is 1.61. The first kappa shape index (κ1) is 7.98. The summed E-state index contributed by atoms with van der Waals surface area (Å²) in [5, 5.41) is 11.3. The zero-order valence-electron chi connectivity index (χ0n) is 6.79. The molecule has 3 heteroatoms. The average molecular weight is 145 g/mol. The Hall–Kier alpha value is -0.120. The Kier molecular flexibility index (Phi) is 1.99. The number of hydrogen-bond donors (Lipinski definition) is 1. The molecule has 3 nitrogen and oxygen atoms in total. The Morgan fingerprint density at radius 1 is 1.60 bits per heavy atom. The molecule has 1 fully saturated rings. The maximum Gasteiger partial charge on any atom is 0.102 e. The molecule has 0 bridgehead atoms. The van der Waals surface area contributed by atoms with E-state index >= 15 is 0 Å². The lowest BCUT2D eigenvalue weighted by Gasteiger charge is -2.18. The van der Waals surface area contributed by atoms with E-state index in [0.717, 1.165) is 0 Å². The van der Waals surface area contributed by atoms with Gasteiger partial charge < -0.3 is 5.11 Å². The molecule has 1 aliphatic rings. The largest absolute Gasteiger partial charge is 0.386 e. The number of nitrogens with zero attached hydrogens (tertiary/aromatic N) is 1. The van der Waals surface area contributed by atoms with Gasteiger partial charge in [-0.05, 0) is 20.8 Å². The quantitative estimate of drug-likeness (QED) is 0.579. The summed E-state index contributed by atoms with van der Waals surface area (Å²) in [6.45, 7) is 6.91. The van der Waals surface area contributed by atoms with Gasteiger partial charge in [-0.1, -0.05) is 0 Å². The van der Waals surface area contributed by atoms with Crippen LogP contribution in [0.25, 0.3) is 0 Å². The van der Waals surface area contributed by atoms with Crippen molar-refractivity contribution in [1.82, 2.24) is 5.06 Å². The smallest absolute Gasteiger partial charge is 0.102 e. The molecule has 0 aliphatic carbocycles. The van der Waals surface area contributed by atoms with Crippen molar-refractivity contribution >= 4 is 0 Å². The van der Waals surface area contributed by atoms with Crippen molar-refractivity contribution in [2.75, 3.05) is 13.2 Å². The number of aliphatic hydroxyl groups is 1. The number of hydrogen-bond acceptors (Lipinski definition) is 3. The highest BCUT2D eigenvalue weighted by Crippen LogP contribution is 2.18. The van der Waals surface area contributed by atoms with Gasteiger partial charge in [0.25, 0.3) is 0 Å². The fourth-order valence-corrected chi connectivity index (χ4v) is 0.981. The Morgan fingerprint density at radius 2 is 2.20 bits per heavy atom. The lowest BCUT2D eigenvalue weighted by Crippen LogP contribution is -2.34. The highest BCUT2D eigenvalue weighted by molar-refractivity contribution is 4.80. The first-order chi connectivity index (χ1) is 4.51. The Bertz CT molecular complexity index is 123. The van der Waals surface area contributed by atoms with Gasteiger partial charge in [0.15, 0.2) is 0 Å². The summed E-state index contributed by atoms with van der Waals surface area (Å²) in [4.78, 5) is 5.21.